The Balaban J connectivity index is 0.00000264. The number of aliphatic imine (C=N–C) groups is 1. The van der Waals surface area contributed by atoms with Gasteiger partial charge < -0.3 is 10.2 Å². The molecule has 1 heterocycles. The SMILES string of the molecule is CN=C(NCc1ccc(F)cc1)N1CCS(=O)(=O)C(C)(C)C1.I. The van der Waals surface area contributed by atoms with Crippen LogP contribution in [0, 0.1) is 5.82 Å². The molecule has 0 aliphatic carbocycles. The Kier molecular flexibility index (Phi) is 6.81. The minimum Gasteiger partial charge on any atom is -0.352 e. The van der Waals surface area contributed by atoms with E-state index >= 15 is 0 Å². The van der Waals surface area contributed by atoms with Crippen LogP contribution in [0.3, 0.4) is 0 Å². The van der Waals surface area contributed by atoms with Gasteiger partial charge in [-0.3, -0.25) is 4.99 Å². The molecule has 1 fully saturated rings. The molecule has 0 aromatic heterocycles. The Morgan fingerprint density at radius 3 is 2.48 bits per heavy atom. The summed E-state index contributed by atoms with van der Waals surface area (Å²) in [6.07, 6.45) is 0. The molecule has 0 bridgehead atoms. The van der Waals surface area contributed by atoms with E-state index in [0.29, 0.717) is 25.6 Å². The van der Waals surface area contributed by atoms with E-state index < -0.39 is 14.6 Å². The number of sulfone groups is 1. The Bertz CT molecular complexity index is 660. The van der Waals surface area contributed by atoms with Gasteiger partial charge in [0, 0.05) is 26.7 Å². The van der Waals surface area contributed by atoms with Crippen LogP contribution in [0.5, 0.6) is 0 Å². The lowest BCUT2D eigenvalue weighted by Gasteiger charge is -2.39. The van der Waals surface area contributed by atoms with Crippen molar-refractivity contribution < 1.29 is 12.8 Å². The number of halogens is 2. The lowest BCUT2D eigenvalue weighted by Crippen LogP contribution is -2.57. The molecule has 0 amide bonds. The summed E-state index contributed by atoms with van der Waals surface area (Å²) in [5.74, 6) is 0.514. The van der Waals surface area contributed by atoms with E-state index in [-0.39, 0.29) is 35.5 Å². The van der Waals surface area contributed by atoms with Crippen molar-refractivity contribution in [1.82, 2.24) is 10.2 Å². The van der Waals surface area contributed by atoms with Crippen LogP contribution in [0.25, 0.3) is 0 Å². The van der Waals surface area contributed by atoms with Gasteiger partial charge in [-0.2, -0.15) is 0 Å². The number of guanidine groups is 1. The maximum atomic E-state index is 12.9. The molecule has 1 aliphatic heterocycles. The molecule has 1 aliphatic rings. The molecule has 8 heteroatoms. The summed E-state index contributed by atoms with van der Waals surface area (Å²) in [5, 5.41) is 3.20. The lowest BCUT2D eigenvalue weighted by atomic mass is 10.2. The zero-order valence-electron chi connectivity index (χ0n) is 13.5. The normalized spacial score (nSPS) is 19.8. The first kappa shape index (κ1) is 20.1. The molecule has 1 N–H and O–H groups in total. The fourth-order valence-electron chi connectivity index (χ4n) is 2.44. The zero-order chi connectivity index (χ0) is 16.4. The van der Waals surface area contributed by atoms with Crippen LogP contribution >= 0.6 is 24.0 Å². The predicted molar refractivity (Wildman–Crippen MR) is 101 cm³/mol. The molecule has 5 nitrogen and oxygen atoms in total. The van der Waals surface area contributed by atoms with Crippen molar-refractivity contribution in [3.05, 3.63) is 35.6 Å². The first-order valence-electron chi connectivity index (χ1n) is 7.17. The Labute approximate surface area is 154 Å². The van der Waals surface area contributed by atoms with E-state index in [1.54, 1.807) is 33.0 Å². The molecule has 1 aromatic carbocycles. The molecule has 23 heavy (non-hydrogen) atoms. The van der Waals surface area contributed by atoms with Crippen LogP contribution in [0.1, 0.15) is 19.4 Å². The summed E-state index contributed by atoms with van der Waals surface area (Å²) in [6, 6.07) is 6.24. The second-order valence-electron chi connectivity index (χ2n) is 6.03. The van der Waals surface area contributed by atoms with Gasteiger partial charge in [0.15, 0.2) is 15.8 Å². The third-order valence-corrected chi connectivity index (χ3v) is 6.45. The van der Waals surface area contributed by atoms with Crippen molar-refractivity contribution in [2.45, 2.75) is 25.1 Å². The molecule has 0 saturated carbocycles. The highest BCUT2D eigenvalue weighted by Crippen LogP contribution is 2.23. The summed E-state index contributed by atoms with van der Waals surface area (Å²) in [6.45, 7) is 4.81. The van der Waals surface area contributed by atoms with E-state index in [2.05, 4.69) is 10.3 Å². The van der Waals surface area contributed by atoms with E-state index in [1.165, 1.54) is 12.1 Å². The highest BCUT2D eigenvalue weighted by atomic mass is 127. The number of nitrogens with one attached hydrogen (secondary N) is 1. The lowest BCUT2D eigenvalue weighted by molar-refractivity contribution is 0.353. The second kappa shape index (κ2) is 7.78. The average Bonchev–Trinajstić information content (AvgIpc) is 2.45. The van der Waals surface area contributed by atoms with Crippen LogP contribution in [0.4, 0.5) is 4.39 Å². The molecular formula is C15H23FIN3O2S. The summed E-state index contributed by atoms with van der Waals surface area (Å²) in [5.41, 5.74) is 0.937. The van der Waals surface area contributed by atoms with Gasteiger partial charge in [0.05, 0.1) is 10.5 Å². The first-order chi connectivity index (χ1) is 10.2. The van der Waals surface area contributed by atoms with Crippen LogP contribution in [0.15, 0.2) is 29.3 Å². The molecule has 0 atom stereocenters. The second-order valence-corrected chi connectivity index (χ2v) is 8.77. The monoisotopic (exact) mass is 455 g/mol. The molecule has 1 aromatic rings. The number of nitrogens with zero attached hydrogens (tertiary/aromatic N) is 2. The fraction of sp³-hybridized carbons (Fsp3) is 0.533. The number of benzene rings is 1. The Morgan fingerprint density at radius 1 is 1.35 bits per heavy atom. The van der Waals surface area contributed by atoms with Crippen molar-refractivity contribution in [2.24, 2.45) is 4.99 Å². The summed E-state index contributed by atoms with van der Waals surface area (Å²) in [4.78, 5) is 6.17. The van der Waals surface area contributed by atoms with Crippen LogP contribution in [0.2, 0.25) is 0 Å². The van der Waals surface area contributed by atoms with Gasteiger partial charge >= 0.3 is 0 Å². The number of rotatable bonds is 2. The summed E-state index contributed by atoms with van der Waals surface area (Å²) < 4.78 is 36.2. The van der Waals surface area contributed by atoms with Crippen molar-refractivity contribution in [3.63, 3.8) is 0 Å². The molecule has 2 rings (SSSR count). The third-order valence-electron chi connectivity index (χ3n) is 3.92. The van der Waals surface area contributed by atoms with Crippen molar-refractivity contribution in [2.75, 3.05) is 25.9 Å². The zero-order valence-corrected chi connectivity index (χ0v) is 16.7. The van der Waals surface area contributed by atoms with Gasteiger partial charge in [0.25, 0.3) is 0 Å². The smallest absolute Gasteiger partial charge is 0.193 e. The summed E-state index contributed by atoms with van der Waals surface area (Å²) >= 11 is 0. The number of hydrogen-bond acceptors (Lipinski definition) is 3. The van der Waals surface area contributed by atoms with Crippen LogP contribution in [-0.2, 0) is 16.4 Å². The van der Waals surface area contributed by atoms with Gasteiger partial charge in [0.1, 0.15) is 5.82 Å². The Morgan fingerprint density at radius 2 is 1.96 bits per heavy atom. The Hall–Kier alpha value is -0.900. The number of hydrogen-bond donors (Lipinski definition) is 1. The van der Waals surface area contributed by atoms with Gasteiger partial charge in [-0.1, -0.05) is 12.1 Å². The van der Waals surface area contributed by atoms with Gasteiger partial charge in [-0.15, -0.1) is 24.0 Å². The maximum Gasteiger partial charge on any atom is 0.193 e. The minimum atomic E-state index is -3.07. The van der Waals surface area contributed by atoms with Gasteiger partial charge in [-0.05, 0) is 31.5 Å². The van der Waals surface area contributed by atoms with E-state index in [9.17, 15) is 12.8 Å². The van der Waals surface area contributed by atoms with Crippen molar-refractivity contribution in [1.29, 1.82) is 0 Å². The fourth-order valence-corrected chi connectivity index (χ4v) is 3.81. The summed E-state index contributed by atoms with van der Waals surface area (Å²) in [7, 11) is -1.40. The third kappa shape index (κ3) is 4.79. The first-order valence-corrected chi connectivity index (χ1v) is 8.83. The maximum absolute atomic E-state index is 12.9. The molecule has 1 saturated heterocycles. The van der Waals surface area contributed by atoms with E-state index in [1.807, 2.05) is 4.90 Å². The van der Waals surface area contributed by atoms with Crippen molar-refractivity contribution in [3.8, 4) is 0 Å². The highest BCUT2D eigenvalue weighted by Gasteiger charge is 2.40. The topological polar surface area (TPSA) is 61.8 Å². The van der Waals surface area contributed by atoms with E-state index in [0.717, 1.165) is 5.56 Å². The minimum absolute atomic E-state index is 0. The van der Waals surface area contributed by atoms with Crippen LogP contribution in [-0.4, -0.2) is 49.9 Å². The largest absolute Gasteiger partial charge is 0.352 e. The molecular weight excluding hydrogens is 432 g/mol. The predicted octanol–water partition coefficient (Wildman–Crippen LogP) is 2.03. The highest BCUT2D eigenvalue weighted by molar-refractivity contribution is 14.0. The van der Waals surface area contributed by atoms with Gasteiger partial charge in [0.2, 0.25) is 0 Å². The molecule has 130 valence electrons. The van der Waals surface area contributed by atoms with Crippen LogP contribution < -0.4 is 5.32 Å². The van der Waals surface area contributed by atoms with Gasteiger partial charge in [-0.25, -0.2) is 12.8 Å². The van der Waals surface area contributed by atoms with Crippen molar-refractivity contribution >= 4 is 39.8 Å². The van der Waals surface area contributed by atoms with E-state index in [4.69, 9.17) is 0 Å². The molecule has 0 radical (unpaired) electrons. The standard InChI is InChI=1S/C15H22FN3O2S.HI/c1-15(2)11-19(8-9-22(15,20)21)14(17-3)18-10-12-4-6-13(16)7-5-12;/h4-7H,8-11H2,1-3H3,(H,17,18);1H. The molecule has 0 spiro atoms. The molecule has 0 unspecified atom stereocenters. The average molecular weight is 455 g/mol. The quantitative estimate of drug-likeness (QED) is 0.421.